The maximum atomic E-state index is 13.0. The van der Waals surface area contributed by atoms with Crippen molar-refractivity contribution in [3.63, 3.8) is 0 Å². The first-order valence-corrected chi connectivity index (χ1v) is 11.7. The van der Waals surface area contributed by atoms with E-state index in [2.05, 4.69) is 10.4 Å². The number of ether oxygens (including phenoxy) is 1. The Morgan fingerprint density at radius 2 is 1.76 bits per heavy atom. The lowest BCUT2D eigenvalue weighted by atomic mass is 9.98. The molecule has 0 unspecified atom stereocenters. The van der Waals surface area contributed by atoms with Gasteiger partial charge >= 0.3 is 0 Å². The number of hydrazine groups is 1. The molecule has 0 saturated heterocycles. The van der Waals surface area contributed by atoms with Crippen LogP contribution in [0.15, 0.2) is 72.0 Å². The van der Waals surface area contributed by atoms with E-state index in [9.17, 15) is 4.79 Å². The van der Waals surface area contributed by atoms with Gasteiger partial charge in [0.05, 0.1) is 15.7 Å². The summed E-state index contributed by atoms with van der Waals surface area (Å²) in [7, 11) is 0. The van der Waals surface area contributed by atoms with Crippen molar-refractivity contribution < 1.29 is 9.53 Å². The number of benzene rings is 3. The number of fused-ring (bicyclic) bond motifs is 1. The molecule has 34 heavy (non-hydrogen) atoms. The number of hydrogen-bond acceptors (Lipinski definition) is 5. The van der Waals surface area contributed by atoms with Crippen molar-refractivity contribution in [2.75, 3.05) is 11.6 Å². The summed E-state index contributed by atoms with van der Waals surface area (Å²) in [6, 6.07) is 16.4. The van der Waals surface area contributed by atoms with Gasteiger partial charge < -0.3 is 9.64 Å². The third kappa shape index (κ3) is 4.71. The zero-order valence-corrected chi connectivity index (χ0v) is 20.1. The Morgan fingerprint density at radius 1 is 1.00 bits per heavy atom. The van der Waals surface area contributed by atoms with Gasteiger partial charge in [-0.05, 0) is 60.0 Å². The van der Waals surface area contributed by atoms with Gasteiger partial charge in [0, 0.05) is 36.1 Å². The quantitative estimate of drug-likeness (QED) is 0.425. The summed E-state index contributed by atoms with van der Waals surface area (Å²) < 4.78 is 6.03. The molecule has 0 atom stereocenters. The Balaban J connectivity index is 1.32. The van der Waals surface area contributed by atoms with Gasteiger partial charge in [0.15, 0.2) is 5.75 Å². The van der Waals surface area contributed by atoms with Crippen LogP contribution >= 0.6 is 34.8 Å². The zero-order valence-electron chi connectivity index (χ0n) is 17.8. The van der Waals surface area contributed by atoms with E-state index in [1.54, 1.807) is 48.0 Å². The van der Waals surface area contributed by atoms with Crippen LogP contribution in [0, 0.1) is 0 Å². The van der Waals surface area contributed by atoms with Crippen molar-refractivity contribution in [1.82, 2.24) is 10.3 Å². The van der Waals surface area contributed by atoms with Crippen molar-refractivity contribution in [3.8, 4) is 11.5 Å². The van der Waals surface area contributed by atoms with Crippen LogP contribution in [-0.4, -0.2) is 23.7 Å². The van der Waals surface area contributed by atoms with E-state index in [4.69, 9.17) is 39.5 Å². The van der Waals surface area contributed by atoms with Gasteiger partial charge in [0.25, 0.3) is 5.91 Å². The molecule has 6 nitrogen and oxygen atoms in total. The molecular formula is C25H19Cl3N4O2. The molecule has 3 aromatic rings. The molecule has 0 radical (unpaired) electrons. The Morgan fingerprint density at radius 3 is 2.47 bits per heavy atom. The second kappa shape index (κ2) is 9.58. The van der Waals surface area contributed by atoms with E-state index in [1.807, 2.05) is 35.2 Å². The van der Waals surface area contributed by atoms with Crippen LogP contribution in [0.2, 0.25) is 15.1 Å². The molecule has 2 aliphatic rings. The second-order valence-electron chi connectivity index (χ2n) is 7.84. The Bertz CT molecular complexity index is 1290. The molecule has 0 aliphatic carbocycles. The summed E-state index contributed by atoms with van der Waals surface area (Å²) >= 11 is 18.9. The maximum absolute atomic E-state index is 13.0. The number of amides is 1. The Labute approximate surface area is 212 Å². The van der Waals surface area contributed by atoms with E-state index in [0.717, 1.165) is 17.5 Å². The van der Waals surface area contributed by atoms with Gasteiger partial charge in [-0.1, -0.05) is 46.9 Å². The zero-order chi connectivity index (χ0) is 23.7. The predicted molar refractivity (Wildman–Crippen MR) is 136 cm³/mol. The van der Waals surface area contributed by atoms with E-state index >= 15 is 0 Å². The minimum absolute atomic E-state index is 0.00656. The summed E-state index contributed by atoms with van der Waals surface area (Å²) in [5.41, 5.74) is 6.37. The van der Waals surface area contributed by atoms with Crippen LogP contribution < -0.4 is 15.2 Å². The number of anilines is 1. The SMILES string of the molecule is O=C1c2ccc(Oc3c(Cl)cc(N4C=NC=CN4)cc3Cl)cc2CCN1Cc1ccc(Cl)cc1. The minimum atomic E-state index is -0.00656. The number of rotatable bonds is 5. The summed E-state index contributed by atoms with van der Waals surface area (Å²) in [6.07, 6.45) is 5.66. The summed E-state index contributed by atoms with van der Waals surface area (Å²) in [5, 5.41) is 3.07. The van der Waals surface area contributed by atoms with Crippen LogP contribution in [0.25, 0.3) is 0 Å². The predicted octanol–water partition coefficient (Wildman–Crippen LogP) is 6.46. The summed E-state index contributed by atoms with van der Waals surface area (Å²) in [6.45, 7) is 1.16. The molecule has 5 rings (SSSR count). The van der Waals surface area contributed by atoms with Crippen LogP contribution in [-0.2, 0) is 13.0 Å². The lowest BCUT2D eigenvalue weighted by Crippen LogP contribution is -2.37. The second-order valence-corrected chi connectivity index (χ2v) is 9.09. The lowest BCUT2D eigenvalue weighted by Gasteiger charge is -2.29. The van der Waals surface area contributed by atoms with Crippen molar-refractivity contribution in [2.24, 2.45) is 4.99 Å². The normalized spacial score (nSPS) is 14.7. The van der Waals surface area contributed by atoms with Crippen molar-refractivity contribution in [2.45, 2.75) is 13.0 Å². The smallest absolute Gasteiger partial charge is 0.254 e. The fourth-order valence-electron chi connectivity index (χ4n) is 3.87. The number of nitrogens with zero attached hydrogens (tertiary/aromatic N) is 3. The molecule has 172 valence electrons. The molecule has 0 spiro atoms. The summed E-state index contributed by atoms with van der Waals surface area (Å²) in [5.74, 6) is 0.908. The molecule has 0 saturated carbocycles. The number of carbonyl (C=O) groups excluding carboxylic acids is 1. The number of aliphatic imine (C=N–C) groups is 1. The van der Waals surface area contributed by atoms with E-state index in [1.165, 1.54) is 0 Å². The molecule has 0 aromatic heterocycles. The van der Waals surface area contributed by atoms with Gasteiger partial charge in [0.1, 0.15) is 12.1 Å². The molecule has 3 aromatic carbocycles. The average molecular weight is 514 g/mol. The molecule has 0 bridgehead atoms. The van der Waals surface area contributed by atoms with E-state index in [0.29, 0.717) is 50.9 Å². The standard InChI is InChI=1S/C25H19Cl3N4O2/c26-18-3-1-16(2-4-18)14-31-10-7-17-11-20(5-6-21(17)25(31)33)34-24-22(27)12-19(13-23(24)28)32-15-29-8-9-30-32/h1-6,8-9,11-13,15,30H,7,10,14H2. The van der Waals surface area contributed by atoms with Gasteiger partial charge in [-0.15, -0.1) is 0 Å². The third-order valence-electron chi connectivity index (χ3n) is 5.57. The number of nitrogens with one attached hydrogen (secondary N) is 1. The first kappa shape index (κ1) is 22.6. The molecule has 1 amide bonds. The van der Waals surface area contributed by atoms with Crippen LogP contribution in [0.5, 0.6) is 11.5 Å². The first-order chi connectivity index (χ1) is 16.5. The minimum Gasteiger partial charge on any atom is -0.454 e. The van der Waals surface area contributed by atoms with Gasteiger partial charge in [-0.2, -0.15) is 0 Å². The van der Waals surface area contributed by atoms with Crippen LogP contribution in [0.4, 0.5) is 5.69 Å². The molecule has 2 aliphatic heterocycles. The molecule has 9 heteroatoms. The Kier molecular flexibility index (Phi) is 6.37. The van der Waals surface area contributed by atoms with E-state index in [-0.39, 0.29) is 5.91 Å². The molecular weight excluding hydrogens is 495 g/mol. The van der Waals surface area contributed by atoms with Crippen molar-refractivity contribution in [3.05, 3.63) is 98.8 Å². The van der Waals surface area contributed by atoms with Gasteiger partial charge in [-0.3, -0.25) is 10.2 Å². The highest BCUT2D eigenvalue weighted by Crippen LogP contribution is 2.40. The highest BCUT2D eigenvalue weighted by atomic mass is 35.5. The number of halogens is 3. The topological polar surface area (TPSA) is 57.2 Å². The highest BCUT2D eigenvalue weighted by molar-refractivity contribution is 6.37. The maximum Gasteiger partial charge on any atom is 0.254 e. The number of hydrogen-bond donors (Lipinski definition) is 1. The average Bonchev–Trinajstić information content (AvgIpc) is 2.85. The number of carbonyl (C=O) groups is 1. The highest BCUT2D eigenvalue weighted by Gasteiger charge is 2.25. The Hall–Kier alpha value is -3.19. The van der Waals surface area contributed by atoms with Crippen molar-refractivity contribution >= 4 is 52.7 Å². The lowest BCUT2D eigenvalue weighted by molar-refractivity contribution is 0.0727. The third-order valence-corrected chi connectivity index (χ3v) is 6.38. The van der Waals surface area contributed by atoms with Gasteiger partial charge in [0.2, 0.25) is 0 Å². The fraction of sp³-hybridized carbons (Fsp3) is 0.120. The fourth-order valence-corrected chi connectivity index (χ4v) is 4.55. The molecule has 2 heterocycles. The molecule has 0 fully saturated rings. The van der Waals surface area contributed by atoms with E-state index < -0.39 is 0 Å². The molecule has 1 N–H and O–H groups in total. The monoisotopic (exact) mass is 512 g/mol. The van der Waals surface area contributed by atoms with Crippen LogP contribution in [0.3, 0.4) is 0 Å². The summed E-state index contributed by atoms with van der Waals surface area (Å²) in [4.78, 5) is 19.0. The van der Waals surface area contributed by atoms with Crippen LogP contribution in [0.1, 0.15) is 21.5 Å². The largest absolute Gasteiger partial charge is 0.454 e. The van der Waals surface area contributed by atoms with Gasteiger partial charge in [-0.25, -0.2) is 10.0 Å². The first-order valence-electron chi connectivity index (χ1n) is 10.6. The van der Waals surface area contributed by atoms with Crippen molar-refractivity contribution in [1.29, 1.82) is 0 Å².